The van der Waals surface area contributed by atoms with Crippen molar-refractivity contribution in [3.63, 3.8) is 0 Å². The second-order valence-corrected chi connectivity index (χ2v) is 1.59. The van der Waals surface area contributed by atoms with E-state index in [-0.39, 0.29) is 0 Å². The van der Waals surface area contributed by atoms with Gasteiger partial charge in [-0.1, -0.05) is 0 Å². The Hall–Kier alpha value is -1.56. The van der Waals surface area contributed by atoms with Crippen LogP contribution in [0.25, 0.3) is 0 Å². The van der Waals surface area contributed by atoms with Crippen LogP contribution in [0.1, 0.15) is 5.69 Å². The highest BCUT2D eigenvalue weighted by atomic mass is 16.5. The van der Waals surface area contributed by atoms with Crippen LogP contribution >= 0.6 is 0 Å². The maximum Gasteiger partial charge on any atom is 0.233 e. The van der Waals surface area contributed by atoms with Crippen LogP contribution in [0.2, 0.25) is 0 Å². The molecular formula is C7H6N2O. The van der Waals surface area contributed by atoms with Crippen LogP contribution in [0.15, 0.2) is 12.4 Å². The van der Waals surface area contributed by atoms with Gasteiger partial charge in [0, 0.05) is 0 Å². The lowest BCUT2D eigenvalue weighted by Gasteiger charge is -1.95. The number of ether oxygens (including phenoxy) is 1. The van der Waals surface area contributed by atoms with Crippen LogP contribution < -0.4 is 4.74 Å². The first kappa shape index (κ1) is 6.56. The highest BCUT2D eigenvalue weighted by Crippen LogP contribution is 2.01. The number of aromatic nitrogens is 2. The number of nitrogens with zero attached hydrogens (tertiary/aromatic N) is 2. The highest BCUT2D eigenvalue weighted by Gasteiger charge is 1.92. The van der Waals surface area contributed by atoms with Crippen molar-refractivity contribution in [3.05, 3.63) is 18.1 Å². The Balaban J connectivity index is 3.01. The van der Waals surface area contributed by atoms with Gasteiger partial charge in [-0.05, 0) is 5.92 Å². The van der Waals surface area contributed by atoms with Crippen LogP contribution in [0, 0.1) is 12.3 Å². The zero-order chi connectivity index (χ0) is 7.40. The zero-order valence-corrected chi connectivity index (χ0v) is 5.53. The molecule has 1 aromatic heterocycles. The van der Waals surface area contributed by atoms with E-state index in [0.29, 0.717) is 11.6 Å². The Labute approximate surface area is 59.1 Å². The SMILES string of the molecule is C#Cc1cncc(OC)n1. The second-order valence-electron chi connectivity index (χ2n) is 1.59. The molecule has 50 valence electrons. The van der Waals surface area contributed by atoms with Gasteiger partial charge in [-0.3, -0.25) is 4.98 Å². The predicted octanol–water partition coefficient (Wildman–Crippen LogP) is 0.466. The monoisotopic (exact) mass is 134 g/mol. The van der Waals surface area contributed by atoms with E-state index in [1.54, 1.807) is 0 Å². The van der Waals surface area contributed by atoms with Crippen molar-refractivity contribution in [2.24, 2.45) is 0 Å². The Morgan fingerprint density at radius 3 is 3.00 bits per heavy atom. The molecule has 0 aliphatic carbocycles. The minimum atomic E-state index is 0.440. The summed E-state index contributed by atoms with van der Waals surface area (Å²) in [6.07, 6.45) is 8.07. The third-order valence-electron chi connectivity index (χ3n) is 0.969. The summed E-state index contributed by atoms with van der Waals surface area (Å²) in [6, 6.07) is 0. The fraction of sp³-hybridized carbons (Fsp3) is 0.143. The van der Waals surface area contributed by atoms with E-state index in [0.717, 1.165) is 0 Å². The van der Waals surface area contributed by atoms with E-state index < -0.39 is 0 Å². The van der Waals surface area contributed by atoms with Crippen LogP contribution in [0.3, 0.4) is 0 Å². The van der Waals surface area contributed by atoms with E-state index in [2.05, 4.69) is 15.9 Å². The first-order valence-corrected chi connectivity index (χ1v) is 2.69. The summed E-state index contributed by atoms with van der Waals surface area (Å²) in [5, 5.41) is 0. The van der Waals surface area contributed by atoms with Gasteiger partial charge in [0.25, 0.3) is 0 Å². The number of hydrogen-bond donors (Lipinski definition) is 0. The minimum absolute atomic E-state index is 0.440. The molecule has 0 atom stereocenters. The summed E-state index contributed by atoms with van der Waals surface area (Å²) >= 11 is 0. The van der Waals surface area contributed by atoms with Crippen LogP contribution in [0.4, 0.5) is 0 Å². The lowest BCUT2D eigenvalue weighted by molar-refractivity contribution is 0.395. The molecule has 1 heterocycles. The molecule has 0 aliphatic rings. The predicted molar refractivity (Wildman–Crippen MR) is 36.5 cm³/mol. The molecule has 1 rings (SSSR count). The van der Waals surface area contributed by atoms with Crippen molar-refractivity contribution in [2.75, 3.05) is 7.11 Å². The second kappa shape index (κ2) is 2.83. The third kappa shape index (κ3) is 1.23. The average Bonchev–Trinajstić information content (AvgIpc) is 2.05. The zero-order valence-electron chi connectivity index (χ0n) is 5.53. The lowest BCUT2D eigenvalue weighted by Crippen LogP contribution is -1.90. The van der Waals surface area contributed by atoms with Gasteiger partial charge in [0.15, 0.2) is 0 Å². The molecule has 0 unspecified atom stereocenters. The molecule has 0 bridgehead atoms. The van der Waals surface area contributed by atoms with Crippen molar-refractivity contribution in [1.29, 1.82) is 0 Å². The van der Waals surface area contributed by atoms with Crippen molar-refractivity contribution < 1.29 is 4.74 Å². The van der Waals surface area contributed by atoms with Gasteiger partial charge in [0.1, 0.15) is 5.69 Å². The standard InChI is InChI=1S/C7H6N2O/c1-3-6-4-8-5-7(9-6)10-2/h1,4-5H,2H3. The van der Waals surface area contributed by atoms with E-state index in [4.69, 9.17) is 11.2 Å². The summed E-state index contributed by atoms with van der Waals surface area (Å²) in [6.45, 7) is 0. The molecule has 0 amide bonds. The third-order valence-corrected chi connectivity index (χ3v) is 0.969. The van der Waals surface area contributed by atoms with Gasteiger partial charge >= 0.3 is 0 Å². The molecule has 0 aromatic carbocycles. The summed E-state index contributed by atoms with van der Waals surface area (Å²) in [5.74, 6) is 2.79. The van der Waals surface area contributed by atoms with Crippen molar-refractivity contribution in [3.8, 4) is 18.2 Å². The Morgan fingerprint density at radius 2 is 2.40 bits per heavy atom. The Kier molecular flexibility index (Phi) is 1.86. The van der Waals surface area contributed by atoms with E-state index in [9.17, 15) is 0 Å². The van der Waals surface area contributed by atoms with Crippen LogP contribution in [-0.4, -0.2) is 17.1 Å². The Bertz CT molecular complexity index is 265. The number of hydrogen-bond acceptors (Lipinski definition) is 3. The molecule has 0 saturated heterocycles. The summed E-state index contributed by atoms with van der Waals surface area (Å²) in [5.41, 5.74) is 0.486. The summed E-state index contributed by atoms with van der Waals surface area (Å²) in [7, 11) is 1.52. The molecule has 0 fully saturated rings. The van der Waals surface area contributed by atoms with E-state index in [1.807, 2.05) is 0 Å². The molecule has 3 heteroatoms. The van der Waals surface area contributed by atoms with Gasteiger partial charge in [0.05, 0.1) is 19.5 Å². The number of terminal acetylenes is 1. The van der Waals surface area contributed by atoms with Gasteiger partial charge in [-0.2, -0.15) is 0 Å². The molecule has 0 radical (unpaired) electrons. The Morgan fingerprint density at radius 1 is 1.60 bits per heavy atom. The molecule has 0 aliphatic heterocycles. The number of methoxy groups -OCH3 is 1. The fourth-order valence-corrected chi connectivity index (χ4v) is 0.516. The van der Waals surface area contributed by atoms with Crippen LogP contribution in [-0.2, 0) is 0 Å². The van der Waals surface area contributed by atoms with Gasteiger partial charge in [0.2, 0.25) is 5.88 Å². The number of rotatable bonds is 1. The van der Waals surface area contributed by atoms with Gasteiger partial charge in [-0.25, -0.2) is 4.98 Å². The van der Waals surface area contributed by atoms with E-state index in [1.165, 1.54) is 19.5 Å². The summed E-state index contributed by atoms with van der Waals surface area (Å²) < 4.78 is 4.79. The molecule has 0 N–H and O–H groups in total. The summed E-state index contributed by atoms with van der Waals surface area (Å²) in [4.78, 5) is 7.69. The molecular weight excluding hydrogens is 128 g/mol. The minimum Gasteiger partial charge on any atom is -0.480 e. The normalized spacial score (nSPS) is 8.40. The van der Waals surface area contributed by atoms with Crippen LogP contribution in [0.5, 0.6) is 5.88 Å². The van der Waals surface area contributed by atoms with E-state index >= 15 is 0 Å². The maximum absolute atomic E-state index is 5.07. The first-order valence-electron chi connectivity index (χ1n) is 2.69. The molecule has 3 nitrogen and oxygen atoms in total. The van der Waals surface area contributed by atoms with Crippen molar-refractivity contribution in [1.82, 2.24) is 9.97 Å². The molecule has 0 saturated carbocycles. The lowest BCUT2D eigenvalue weighted by atomic mass is 10.5. The average molecular weight is 134 g/mol. The topological polar surface area (TPSA) is 35.0 Å². The quantitative estimate of drug-likeness (QED) is 0.523. The molecule has 10 heavy (non-hydrogen) atoms. The highest BCUT2D eigenvalue weighted by molar-refractivity contribution is 5.23. The smallest absolute Gasteiger partial charge is 0.233 e. The van der Waals surface area contributed by atoms with Crippen molar-refractivity contribution >= 4 is 0 Å². The first-order chi connectivity index (χ1) is 4.86. The molecule has 1 aromatic rings. The van der Waals surface area contributed by atoms with Gasteiger partial charge in [-0.15, -0.1) is 6.42 Å². The largest absolute Gasteiger partial charge is 0.480 e. The molecule has 0 spiro atoms. The maximum atomic E-state index is 5.07. The van der Waals surface area contributed by atoms with Gasteiger partial charge < -0.3 is 4.74 Å². The van der Waals surface area contributed by atoms with Crippen molar-refractivity contribution in [2.45, 2.75) is 0 Å². The fourth-order valence-electron chi connectivity index (χ4n) is 0.516.